The van der Waals surface area contributed by atoms with E-state index in [9.17, 15) is 0 Å². The predicted molar refractivity (Wildman–Crippen MR) is 96.5 cm³/mol. The van der Waals surface area contributed by atoms with Crippen LogP contribution in [-0.2, 0) is 6.54 Å². The number of guanidine groups is 1. The Balaban J connectivity index is 1.32. The quantitative estimate of drug-likeness (QED) is 0.655. The molecule has 0 bridgehead atoms. The van der Waals surface area contributed by atoms with Crippen LogP contribution < -0.4 is 10.6 Å². The lowest BCUT2D eigenvalue weighted by molar-refractivity contribution is 0.321. The molecule has 0 amide bonds. The highest BCUT2D eigenvalue weighted by Gasteiger charge is 2.34. The number of hydrogen-bond acceptors (Lipinski definition) is 3. The molecular formula is C17H23ClN6. The molecule has 6 nitrogen and oxygen atoms in total. The lowest BCUT2D eigenvalue weighted by atomic mass is 10.3. The van der Waals surface area contributed by atoms with E-state index in [1.165, 1.54) is 25.8 Å². The van der Waals surface area contributed by atoms with Gasteiger partial charge in [0.1, 0.15) is 5.65 Å². The fraction of sp³-hybridized carbons (Fsp3) is 0.529. The van der Waals surface area contributed by atoms with Crippen LogP contribution in [0.1, 0.15) is 25.0 Å². The maximum absolute atomic E-state index is 6.01. The first-order valence-electron chi connectivity index (χ1n) is 8.55. The van der Waals surface area contributed by atoms with Gasteiger partial charge >= 0.3 is 0 Å². The van der Waals surface area contributed by atoms with Crippen LogP contribution >= 0.6 is 11.6 Å². The van der Waals surface area contributed by atoms with E-state index >= 15 is 0 Å². The number of nitrogens with zero attached hydrogens (tertiary/aromatic N) is 4. The molecule has 1 unspecified atom stereocenters. The number of aliphatic imine (C=N–C) groups is 1. The van der Waals surface area contributed by atoms with E-state index in [-0.39, 0.29) is 0 Å². The Morgan fingerprint density at radius 2 is 2.21 bits per heavy atom. The summed E-state index contributed by atoms with van der Waals surface area (Å²) < 4.78 is 1.94. The molecule has 7 heteroatoms. The number of aromatic nitrogens is 2. The van der Waals surface area contributed by atoms with Gasteiger partial charge in [0.2, 0.25) is 0 Å². The summed E-state index contributed by atoms with van der Waals surface area (Å²) in [5.74, 6) is 0.840. The number of halogens is 1. The minimum absolute atomic E-state index is 0.483. The molecule has 3 heterocycles. The van der Waals surface area contributed by atoms with E-state index in [1.54, 1.807) is 0 Å². The average molecular weight is 347 g/mol. The highest BCUT2D eigenvalue weighted by Crippen LogP contribution is 2.29. The zero-order chi connectivity index (χ0) is 16.5. The monoisotopic (exact) mass is 346 g/mol. The number of rotatable bonds is 4. The van der Waals surface area contributed by atoms with Gasteiger partial charge in [-0.1, -0.05) is 11.6 Å². The number of fused-ring (bicyclic) bond motifs is 1. The molecule has 24 heavy (non-hydrogen) atoms. The van der Waals surface area contributed by atoms with Crippen molar-refractivity contribution in [2.45, 2.75) is 37.9 Å². The molecule has 2 N–H and O–H groups in total. The third-order valence-corrected chi connectivity index (χ3v) is 4.97. The van der Waals surface area contributed by atoms with Crippen molar-refractivity contribution in [3.8, 4) is 0 Å². The second kappa shape index (κ2) is 6.61. The Bertz CT molecular complexity index is 751. The molecule has 0 spiro atoms. The van der Waals surface area contributed by atoms with E-state index in [2.05, 4.69) is 25.5 Å². The largest absolute Gasteiger partial charge is 0.352 e. The zero-order valence-electron chi connectivity index (χ0n) is 13.9. The molecule has 1 saturated carbocycles. The second-order valence-corrected chi connectivity index (χ2v) is 7.06. The molecule has 4 rings (SSSR count). The van der Waals surface area contributed by atoms with Crippen molar-refractivity contribution in [2.75, 3.05) is 20.1 Å². The van der Waals surface area contributed by atoms with Crippen LogP contribution in [0.5, 0.6) is 0 Å². The minimum atomic E-state index is 0.483. The SMILES string of the molecule is CN=C(NCc1cn2cc(Cl)ccc2n1)NC1CCN(C2CC2)C1. The molecule has 0 aromatic carbocycles. The van der Waals surface area contributed by atoms with Gasteiger partial charge in [-0.15, -0.1) is 0 Å². The van der Waals surface area contributed by atoms with Crippen molar-refractivity contribution in [3.05, 3.63) is 35.2 Å². The summed E-state index contributed by atoms with van der Waals surface area (Å²) in [6, 6.07) is 5.10. The van der Waals surface area contributed by atoms with Crippen molar-refractivity contribution in [2.24, 2.45) is 4.99 Å². The molecule has 0 radical (unpaired) electrons. The average Bonchev–Trinajstić information content (AvgIpc) is 3.19. The fourth-order valence-corrected chi connectivity index (χ4v) is 3.51. The van der Waals surface area contributed by atoms with Crippen molar-refractivity contribution in [1.29, 1.82) is 0 Å². The van der Waals surface area contributed by atoms with Crippen molar-refractivity contribution >= 4 is 23.2 Å². The zero-order valence-corrected chi connectivity index (χ0v) is 14.6. The van der Waals surface area contributed by atoms with Gasteiger partial charge in [0.25, 0.3) is 0 Å². The Morgan fingerprint density at radius 1 is 1.33 bits per heavy atom. The van der Waals surface area contributed by atoms with E-state index in [0.29, 0.717) is 17.6 Å². The van der Waals surface area contributed by atoms with Crippen LogP contribution in [0.2, 0.25) is 5.02 Å². The molecule has 128 valence electrons. The molecule has 2 aromatic heterocycles. The first-order valence-corrected chi connectivity index (χ1v) is 8.93. The Labute approximate surface area is 146 Å². The Hall–Kier alpha value is -1.79. The van der Waals surface area contributed by atoms with Gasteiger partial charge in [-0.2, -0.15) is 0 Å². The summed E-state index contributed by atoms with van der Waals surface area (Å²) in [6.07, 6.45) is 7.79. The fourth-order valence-electron chi connectivity index (χ4n) is 3.34. The first kappa shape index (κ1) is 15.7. The maximum Gasteiger partial charge on any atom is 0.191 e. The van der Waals surface area contributed by atoms with E-state index in [1.807, 2.05) is 36.0 Å². The molecule has 1 aliphatic carbocycles. The van der Waals surface area contributed by atoms with Gasteiger partial charge in [-0.05, 0) is 31.4 Å². The molecule has 1 saturated heterocycles. The lowest BCUT2D eigenvalue weighted by Gasteiger charge is -2.18. The number of likely N-dealkylation sites (tertiary alicyclic amines) is 1. The van der Waals surface area contributed by atoms with Gasteiger partial charge < -0.3 is 15.0 Å². The second-order valence-electron chi connectivity index (χ2n) is 6.63. The molecule has 2 aromatic rings. The summed E-state index contributed by atoms with van der Waals surface area (Å²) in [5, 5.41) is 7.60. The molecule has 2 fully saturated rings. The number of pyridine rings is 1. The van der Waals surface area contributed by atoms with Crippen LogP contribution in [0.15, 0.2) is 29.5 Å². The van der Waals surface area contributed by atoms with Gasteiger partial charge in [0.15, 0.2) is 5.96 Å². The van der Waals surface area contributed by atoms with Gasteiger partial charge in [-0.3, -0.25) is 9.89 Å². The van der Waals surface area contributed by atoms with Crippen LogP contribution in [0.4, 0.5) is 0 Å². The molecular weight excluding hydrogens is 324 g/mol. The van der Waals surface area contributed by atoms with Gasteiger partial charge in [0, 0.05) is 44.6 Å². The minimum Gasteiger partial charge on any atom is -0.352 e. The summed E-state index contributed by atoms with van der Waals surface area (Å²) in [4.78, 5) is 11.5. The highest BCUT2D eigenvalue weighted by molar-refractivity contribution is 6.30. The first-order chi connectivity index (χ1) is 11.7. The molecule has 2 aliphatic rings. The van der Waals surface area contributed by atoms with Crippen LogP contribution in [0, 0.1) is 0 Å². The van der Waals surface area contributed by atoms with Crippen LogP contribution in [0.25, 0.3) is 5.65 Å². The van der Waals surface area contributed by atoms with Gasteiger partial charge in [-0.25, -0.2) is 4.98 Å². The Kier molecular flexibility index (Phi) is 4.33. The summed E-state index contributed by atoms with van der Waals surface area (Å²) >= 11 is 6.01. The lowest BCUT2D eigenvalue weighted by Crippen LogP contribution is -2.44. The van der Waals surface area contributed by atoms with Crippen molar-refractivity contribution in [1.82, 2.24) is 24.9 Å². The third-order valence-electron chi connectivity index (χ3n) is 4.75. The standard InChI is InChI=1S/C17H23ClN6/c1-19-17(22-13-6-7-23(10-13)15-3-4-15)20-8-14-11-24-9-12(18)2-5-16(24)21-14/h2,5,9,11,13,15H,3-4,6-8,10H2,1H3,(H2,19,20,22). The highest BCUT2D eigenvalue weighted by atomic mass is 35.5. The third kappa shape index (κ3) is 3.49. The maximum atomic E-state index is 6.01. The number of imidazole rings is 1. The van der Waals surface area contributed by atoms with E-state index in [4.69, 9.17) is 11.6 Å². The normalized spacial score (nSPS) is 22.2. The molecule has 1 aliphatic heterocycles. The summed E-state index contributed by atoms with van der Waals surface area (Å²) in [6.45, 7) is 2.96. The van der Waals surface area contributed by atoms with Crippen molar-refractivity contribution < 1.29 is 0 Å². The van der Waals surface area contributed by atoms with E-state index in [0.717, 1.165) is 29.9 Å². The Morgan fingerprint density at radius 3 is 3.00 bits per heavy atom. The summed E-state index contributed by atoms with van der Waals surface area (Å²) in [7, 11) is 1.81. The van der Waals surface area contributed by atoms with Gasteiger partial charge in [0.05, 0.1) is 17.3 Å². The predicted octanol–water partition coefficient (Wildman–Crippen LogP) is 1.89. The summed E-state index contributed by atoms with van der Waals surface area (Å²) in [5.41, 5.74) is 1.86. The van der Waals surface area contributed by atoms with Crippen LogP contribution in [0.3, 0.4) is 0 Å². The number of hydrogen-bond donors (Lipinski definition) is 2. The topological polar surface area (TPSA) is 57.0 Å². The number of nitrogens with one attached hydrogen (secondary N) is 2. The van der Waals surface area contributed by atoms with Crippen LogP contribution in [-0.4, -0.2) is 52.5 Å². The van der Waals surface area contributed by atoms with Crippen molar-refractivity contribution in [3.63, 3.8) is 0 Å². The van der Waals surface area contributed by atoms with E-state index < -0.39 is 0 Å². The smallest absolute Gasteiger partial charge is 0.191 e. The molecule has 1 atom stereocenters.